The number of hydrogen-bond donors (Lipinski definition) is 0. The van der Waals surface area contributed by atoms with E-state index in [1.54, 1.807) is 12.3 Å². The first kappa shape index (κ1) is 12.3. The van der Waals surface area contributed by atoms with E-state index in [0.29, 0.717) is 6.04 Å². The molecule has 1 aliphatic carbocycles. The van der Waals surface area contributed by atoms with Crippen molar-refractivity contribution < 1.29 is 0 Å². The van der Waals surface area contributed by atoms with E-state index in [2.05, 4.69) is 39.4 Å². The van der Waals surface area contributed by atoms with Crippen LogP contribution >= 0.6 is 0 Å². The van der Waals surface area contributed by atoms with Gasteiger partial charge in [-0.25, -0.2) is 9.97 Å². The SMILES string of the molecule is C=Cc1cc2nccn2c(-c2cnn(C(C)C3CC3)c2)n1. The van der Waals surface area contributed by atoms with Crippen molar-refractivity contribution in [2.75, 3.05) is 0 Å². The largest absolute Gasteiger partial charge is 0.284 e. The van der Waals surface area contributed by atoms with Crippen LogP contribution in [0.4, 0.5) is 0 Å². The van der Waals surface area contributed by atoms with Crippen LogP contribution in [0.15, 0.2) is 37.4 Å². The second kappa shape index (κ2) is 4.55. The lowest BCUT2D eigenvalue weighted by molar-refractivity contribution is 0.440. The summed E-state index contributed by atoms with van der Waals surface area (Å²) in [6, 6.07) is 2.38. The highest BCUT2D eigenvalue weighted by atomic mass is 15.3. The Morgan fingerprint density at radius 2 is 2.29 bits per heavy atom. The quantitative estimate of drug-likeness (QED) is 0.736. The third kappa shape index (κ3) is 2.05. The minimum absolute atomic E-state index is 0.458. The second-order valence-corrected chi connectivity index (χ2v) is 5.65. The molecule has 21 heavy (non-hydrogen) atoms. The fourth-order valence-electron chi connectivity index (χ4n) is 2.72. The fourth-order valence-corrected chi connectivity index (χ4v) is 2.72. The molecule has 1 unspecified atom stereocenters. The molecular formula is C16H17N5. The highest BCUT2D eigenvalue weighted by Crippen LogP contribution is 2.39. The molecule has 5 heteroatoms. The summed E-state index contributed by atoms with van der Waals surface area (Å²) in [6.07, 6.45) is 12.0. The zero-order chi connectivity index (χ0) is 14.4. The first-order valence-electron chi connectivity index (χ1n) is 7.27. The smallest absolute Gasteiger partial charge is 0.149 e. The van der Waals surface area contributed by atoms with Crippen LogP contribution in [0.1, 0.15) is 31.5 Å². The standard InChI is InChI=1S/C16H17N5/c1-3-14-8-15-17-6-7-20(15)16(19-14)13-9-18-21(10-13)11(2)12-4-5-12/h3,6-12H,1,4-5H2,2H3. The molecule has 0 saturated heterocycles. The van der Waals surface area contributed by atoms with E-state index in [-0.39, 0.29) is 0 Å². The lowest BCUT2D eigenvalue weighted by atomic mass is 10.2. The van der Waals surface area contributed by atoms with Crippen molar-refractivity contribution in [1.82, 2.24) is 24.1 Å². The van der Waals surface area contributed by atoms with Crippen molar-refractivity contribution >= 4 is 11.7 Å². The molecule has 1 atom stereocenters. The predicted molar refractivity (Wildman–Crippen MR) is 81.7 cm³/mol. The molecule has 3 heterocycles. The van der Waals surface area contributed by atoms with Crippen LogP contribution in [-0.4, -0.2) is 24.1 Å². The van der Waals surface area contributed by atoms with E-state index in [1.807, 2.05) is 22.9 Å². The third-order valence-electron chi connectivity index (χ3n) is 4.20. The molecule has 106 valence electrons. The Morgan fingerprint density at radius 3 is 3.05 bits per heavy atom. The molecular weight excluding hydrogens is 262 g/mol. The summed E-state index contributed by atoms with van der Waals surface area (Å²) in [6.45, 7) is 6.03. The van der Waals surface area contributed by atoms with E-state index in [0.717, 1.165) is 28.6 Å². The van der Waals surface area contributed by atoms with Gasteiger partial charge in [-0.1, -0.05) is 6.58 Å². The van der Waals surface area contributed by atoms with E-state index < -0.39 is 0 Å². The van der Waals surface area contributed by atoms with Gasteiger partial charge in [-0.15, -0.1) is 0 Å². The summed E-state index contributed by atoms with van der Waals surface area (Å²) in [7, 11) is 0. The lowest BCUT2D eigenvalue weighted by Gasteiger charge is -2.09. The van der Waals surface area contributed by atoms with Crippen molar-refractivity contribution in [3.8, 4) is 11.4 Å². The molecule has 0 aromatic carbocycles. The number of imidazole rings is 1. The number of nitrogens with zero attached hydrogens (tertiary/aromatic N) is 5. The van der Waals surface area contributed by atoms with E-state index in [9.17, 15) is 0 Å². The number of rotatable bonds is 4. The Labute approximate surface area is 123 Å². The van der Waals surface area contributed by atoms with Gasteiger partial charge in [-0.05, 0) is 31.8 Å². The molecule has 1 fully saturated rings. The van der Waals surface area contributed by atoms with Gasteiger partial charge >= 0.3 is 0 Å². The molecule has 0 amide bonds. The number of fused-ring (bicyclic) bond motifs is 1. The van der Waals surface area contributed by atoms with Crippen LogP contribution in [0.2, 0.25) is 0 Å². The summed E-state index contributed by atoms with van der Waals surface area (Å²) in [5, 5.41) is 4.52. The summed E-state index contributed by atoms with van der Waals surface area (Å²) >= 11 is 0. The topological polar surface area (TPSA) is 48.0 Å². The summed E-state index contributed by atoms with van der Waals surface area (Å²) in [5.41, 5.74) is 2.71. The van der Waals surface area contributed by atoms with Gasteiger partial charge in [-0.2, -0.15) is 5.10 Å². The lowest BCUT2D eigenvalue weighted by Crippen LogP contribution is -2.07. The second-order valence-electron chi connectivity index (χ2n) is 5.65. The Morgan fingerprint density at radius 1 is 1.43 bits per heavy atom. The first-order chi connectivity index (χ1) is 10.3. The van der Waals surface area contributed by atoms with Gasteiger partial charge < -0.3 is 0 Å². The van der Waals surface area contributed by atoms with Crippen LogP contribution < -0.4 is 0 Å². The molecule has 1 aliphatic rings. The van der Waals surface area contributed by atoms with Crippen molar-refractivity contribution in [2.24, 2.45) is 5.92 Å². The average molecular weight is 279 g/mol. The third-order valence-corrected chi connectivity index (χ3v) is 4.20. The zero-order valence-corrected chi connectivity index (χ0v) is 12.0. The van der Waals surface area contributed by atoms with E-state index >= 15 is 0 Å². The maximum atomic E-state index is 4.65. The van der Waals surface area contributed by atoms with Crippen molar-refractivity contribution in [2.45, 2.75) is 25.8 Å². The van der Waals surface area contributed by atoms with Gasteiger partial charge in [0.15, 0.2) is 0 Å². The summed E-state index contributed by atoms with van der Waals surface area (Å²) in [4.78, 5) is 8.99. The van der Waals surface area contributed by atoms with Crippen molar-refractivity contribution in [3.63, 3.8) is 0 Å². The van der Waals surface area contributed by atoms with Gasteiger partial charge in [0.1, 0.15) is 11.5 Å². The van der Waals surface area contributed by atoms with Crippen molar-refractivity contribution in [1.29, 1.82) is 0 Å². The van der Waals surface area contributed by atoms with Gasteiger partial charge in [-0.3, -0.25) is 9.08 Å². The normalized spacial score (nSPS) is 16.2. The van der Waals surface area contributed by atoms with Crippen LogP contribution in [0.3, 0.4) is 0 Å². The molecule has 4 rings (SSSR count). The van der Waals surface area contributed by atoms with Crippen LogP contribution in [0.25, 0.3) is 23.1 Å². The Balaban J connectivity index is 1.82. The highest BCUT2D eigenvalue weighted by molar-refractivity contribution is 5.62. The molecule has 3 aromatic heterocycles. The summed E-state index contributed by atoms with van der Waals surface area (Å²) < 4.78 is 4.04. The zero-order valence-electron chi connectivity index (χ0n) is 12.0. The van der Waals surface area contributed by atoms with Gasteiger partial charge in [0.05, 0.1) is 23.5 Å². The number of aromatic nitrogens is 5. The van der Waals surface area contributed by atoms with E-state index in [4.69, 9.17) is 0 Å². The first-order valence-corrected chi connectivity index (χ1v) is 7.27. The van der Waals surface area contributed by atoms with Crippen LogP contribution in [0.5, 0.6) is 0 Å². The van der Waals surface area contributed by atoms with Crippen LogP contribution in [0, 0.1) is 5.92 Å². The molecule has 5 nitrogen and oxygen atoms in total. The van der Waals surface area contributed by atoms with Gasteiger partial charge in [0, 0.05) is 24.7 Å². The molecule has 1 saturated carbocycles. The monoisotopic (exact) mass is 279 g/mol. The minimum Gasteiger partial charge on any atom is -0.284 e. The molecule has 0 radical (unpaired) electrons. The summed E-state index contributed by atoms with van der Waals surface area (Å²) in [5.74, 6) is 1.63. The Hall–Kier alpha value is -2.43. The van der Waals surface area contributed by atoms with Crippen LogP contribution in [-0.2, 0) is 0 Å². The van der Waals surface area contributed by atoms with E-state index in [1.165, 1.54) is 12.8 Å². The molecule has 0 bridgehead atoms. The molecule has 0 aliphatic heterocycles. The average Bonchev–Trinajstić information content (AvgIpc) is 3.05. The molecule has 3 aromatic rings. The van der Waals surface area contributed by atoms with Gasteiger partial charge in [0.2, 0.25) is 0 Å². The Bertz CT molecular complexity index is 809. The number of hydrogen-bond acceptors (Lipinski definition) is 3. The fraction of sp³-hybridized carbons (Fsp3) is 0.312. The minimum atomic E-state index is 0.458. The molecule has 0 N–H and O–H groups in total. The van der Waals surface area contributed by atoms with Gasteiger partial charge in [0.25, 0.3) is 0 Å². The molecule has 0 spiro atoms. The maximum Gasteiger partial charge on any atom is 0.149 e. The predicted octanol–water partition coefficient (Wildman–Crippen LogP) is 3.21. The maximum absolute atomic E-state index is 4.65. The highest BCUT2D eigenvalue weighted by Gasteiger charge is 2.29. The van der Waals surface area contributed by atoms with Crippen molar-refractivity contribution in [3.05, 3.63) is 43.1 Å². The Kier molecular flexibility index (Phi) is 2.67.